The summed E-state index contributed by atoms with van der Waals surface area (Å²) in [6.07, 6.45) is -3.61. The minimum atomic E-state index is -4.39. The molecule has 28 heavy (non-hydrogen) atoms. The quantitative estimate of drug-likeness (QED) is 0.524. The number of hydrogen-bond donors (Lipinski definition) is 2. The lowest BCUT2D eigenvalue weighted by Gasteiger charge is -2.14. The second-order valence-corrected chi connectivity index (χ2v) is 6.20. The maximum absolute atomic E-state index is 12.5. The number of benzene rings is 1. The summed E-state index contributed by atoms with van der Waals surface area (Å²) in [6.45, 7) is 5.56. The van der Waals surface area contributed by atoms with Crippen LogP contribution in [0.4, 0.5) is 13.2 Å². The van der Waals surface area contributed by atoms with E-state index in [0.717, 1.165) is 17.7 Å². The van der Waals surface area contributed by atoms with E-state index in [0.29, 0.717) is 30.4 Å². The van der Waals surface area contributed by atoms with Gasteiger partial charge in [0, 0.05) is 18.2 Å². The Kier molecular flexibility index (Phi) is 7.71. The van der Waals surface area contributed by atoms with Gasteiger partial charge < -0.3 is 19.9 Å². The molecule has 2 N–H and O–H groups in total. The predicted octanol–water partition coefficient (Wildman–Crippen LogP) is 3.74. The Morgan fingerprint density at radius 2 is 2.00 bits per heavy atom. The van der Waals surface area contributed by atoms with E-state index in [-0.39, 0.29) is 12.3 Å². The summed E-state index contributed by atoms with van der Waals surface area (Å²) >= 11 is 0. The molecule has 2 aromatic rings. The van der Waals surface area contributed by atoms with Crippen LogP contribution in [-0.2, 0) is 19.5 Å². The Bertz CT molecular complexity index is 788. The topological polar surface area (TPSA) is 71.7 Å². The second kappa shape index (κ2) is 10.0. The Morgan fingerprint density at radius 3 is 2.64 bits per heavy atom. The van der Waals surface area contributed by atoms with Crippen LogP contribution in [0, 0.1) is 6.92 Å². The summed E-state index contributed by atoms with van der Waals surface area (Å²) in [5, 5.41) is 10.1. The zero-order valence-corrected chi connectivity index (χ0v) is 16.2. The number of ether oxygens (including phenoxy) is 1. The third-order valence-electron chi connectivity index (χ3n) is 3.77. The van der Waals surface area contributed by atoms with Crippen LogP contribution in [0.25, 0.3) is 0 Å². The zero-order valence-electron chi connectivity index (χ0n) is 16.2. The number of aliphatic imine (C=N–C) groups is 1. The SMILES string of the molecule is CCNC(=NCc1ccc(C)cc1OCC(F)(F)F)NCc1cc(CC)no1. The van der Waals surface area contributed by atoms with E-state index >= 15 is 0 Å². The molecule has 0 aliphatic carbocycles. The molecule has 0 spiro atoms. The van der Waals surface area contributed by atoms with Gasteiger partial charge in [0.25, 0.3) is 0 Å². The van der Waals surface area contributed by atoms with Gasteiger partial charge in [-0.05, 0) is 31.9 Å². The Balaban J connectivity index is 2.06. The van der Waals surface area contributed by atoms with Crippen molar-refractivity contribution in [2.24, 2.45) is 4.99 Å². The van der Waals surface area contributed by atoms with Crippen molar-refractivity contribution in [2.75, 3.05) is 13.2 Å². The van der Waals surface area contributed by atoms with E-state index < -0.39 is 12.8 Å². The summed E-state index contributed by atoms with van der Waals surface area (Å²) in [4.78, 5) is 4.43. The molecule has 1 heterocycles. The normalized spacial score (nSPS) is 12.1. The van der Waals surface area contributed by atoms with Crippen molar-refractivity contribution < 1.29 is 22.4 Å². The summed E-state index contributed by atoms with van der Waals surface area (Å²) in [7, 11) is 0. The van der Waals surface area contributed by atoms with E-state index in [4.69, 9.17) is 9.26 Å². The number of aromatic nitrogens is 1. The molecule has 0 saturated heterocycles. The van der Waals surface area contributed by atoms with Crippen LogP contribution in [0.3, 0.4) is 0 Å². The van der Waals surface area contributed by atoms with Gasteiger partial charge in [0.15, 0.2) is 18.3 Å². The highest BCUT2D eigenvalue weighted by atomic mass is 19.4. The molecule has 0 aliphatic rings. The average molecular weight is 398 g/mol. The number of alkyl halides is 3. The fourth-order valence-electron chi connectivity index (χ4n) is 2.37. The van der Waals surface area contributed by atoms with Crippen LogP contribution in [0.2, 0.25) is 0 Å². The Hall–Kier alpha value is -2.71. The first-order valence-corrected chi connectivity index (χ1v) is 9.06. The van der Waals surface area contributed by atoms with Crippen molar-refractivity contribution in [3.05, 3.63) is 46.8 Å². The standard InChI is InChI=1S/C19H25F3N4O2/c1-4-15-9-16(28-26-15)11-25-18(23-5-2)24-10-14-7-6-13(3)8-17(14)27-12-19(20,21)22/h6-9H,4-5,10-12H2,1-3H3,(H2,23,24,25). The number of nitrogens with one attached hydrogen (secondary N) is 2. The number of nitrogens with zero attached hydrogens (tertiary/aromatic N) is 2. The highest BCUT2D eigenvalue weighted by Crippen LogP contribution is 2.24. The van der Waals surface area contributed by atoms with Gasteiger partial charge in [-0.15, -0.1) is 0 Å². The average Bonchev–Trinajstić information content (AvgIpc) is 3.11. The third kappa shape index (κ3) is 7.13. The van der Waals surface area contributed by atoms with E-state index in [1.165, 1.54) is 0 Å². The monoisotopic (exact) mass is 398 g/mol. The molecule has 154 valence electrons. The maximum atomic E-state index is 12.5. The zero-order chi connectivity index (χ0) is 20.6. The van der Waals surface area contributed by atoms with Crippen LogP contribution < -0.4 is 15.4 Å². The van der Waals surface area contributed by atoms with Crippen LogP contribution in [0.15, 0.2) is 33.8 Å². The molecule has 0 bridgehead atoms. The first-order chi connectivity index (χ1) is 13.3. The lowest BCUT2D eigenvalue weighted by atomic mass is 10.1. The van der Waals surface area contributed by atoms with Gasteiger partial charge in [-0.3, -0.25) is 0 Å². The van der Waals surface area contributed by atoms with Crippen molar-refractivity contribution in [1.82, 2.24) is 15.8 Å². The summed E-state index contributed by atoms with van der Waals surface area (Å²) in [6, 6.07) is 6.97. The van der Waals surface area contributed by atoms with E-state index in [9.17, 15) is 13.2 Å². The largest absolute Gasteiger partial charge is 0.484 e. The molecule has 0 aliphatic heterocycles. The third-order valence-corrected chi connectivity index (χ3v) is 3.77. The number of aryl methyl sites for hydroxylation is 2. The van der Waals surface area contributed by atoms with E-state index in [1.54, 1.807) is 19.1 Å². The minimum absolute atomic E-state index is 0.166. The number of halogens is 3. The van der Waals surface area contributed by atoms with E-state index in [1.807, 2.05) is 26.0 Å². The first-order valence-electron chi connectivity index (χ1n) is 9.06. The predicted molar refractivity (Wildman–Crippen MR) is 100 cm³/mol. The van der Waals surface area contributed by atoms with Gasteiger partial charge in [-0.1, -0.05) is 24.2 Å². The molecule has 9 heteroatoms. The maximum Gasteiger partial charge on any atom is 0.422 e. The van der Waals surface area contributed by atoms with Crippen molar-refractivity contribution >= 4 is 5.96 Å². The van der Waals surface area contributed by atoms with Crippen LogP contribution in [0.5, 0.6) is 5.75 Å². The molecular weight excluding hydrogens is 373 g/mol. The Morgan fingerprint density at radius 1 is 1.21 bits per heavy atom. The van der Waals surface area contributed by atoms with Crippen molar-refractivity contribution in [2.45, 2.75) is 46.5 Å². The lowest BCUT2D eigenvalue weighted by Crippen LogP contribution is -2.36. The molecule has 0 radical (unpaired) electrons. The molecular formula is C19H25F3N4O2. The molecule has 0 atom stereocenters. The molecule has 0 amide bonds. The van der Waals surface area contributed by atoms with Gasteiger partial charge in [0.2, 0.25) is 0 Å². The van der Waals surface area contributed by atoms with Gasteiger partial charge in [-0.25, -0.2) is 4.99 Å². The van der Waals surface area contributed by atoms with Crippen molar-refractivity contribution in [3.63, 3.8) is 0 Å². The molecule has 0 fully saturated rings. The van der Waals surface area contributed by atoms with Crippen LogP contribution in [0.1, 0.15) is 36.4 Å². The fraction of sp³-hybridized carbons (Fsp3) is 0.474. The fourth-order valence-corrected chi connectivity index (χ4v) is 2.37. The highest BCUT2D eigenvalue weighted by molar-refractivity contribution is 5.79. The van der Waals surface area contributed by atoms with E-state index in [2.05, 4.69) is 20.8 Å². The molecule has 2 rings (SSSR count). The first kappa shape index (κ1) is 21.6. The van der Waals surface area contributed by atoms with Gasteiger partial charge in [0.05, 0.1) is 18.8 Å². The lowest BCUT2D eigenvalue weighted by molar-refractivity contribution is -0.153. The summed E-state index contributed by atoms with van der Waals surface area (Å²) in [5.41, 5.74) is 2.25. The number of guanidine groups is 1. The second-order valence-electron chi connectivity index (χ2n) is 6.20. The number of hydrogen-bond acceptors (Lipinski definition) is 4. The molecule has 6 nitrogen and oxygen atoms in total. The summed E-state index contributed by atoms with van der Waals surface area (Å²) in [5.74, 6) is 1.37. The molecule has 0 saturated carbocycles. The van der Waals surface area contributed by atoms with Crippen molar-refractivity contribution in [3.8, 4) is 5.75 Å². The minimum Gasteiger partial charge on any atom is -0.484 e. The molecule has 1 aromatic heterocycles. The Labute approximate surface area is 162 Å². The van der Waals surface area contributed by atoms with Gasteiger partial charge in [-0.2, -0.15) is 13.2 Å². The summed E-state index contributed by atoms with van der Waals surface area (Å²) < 4.78 is 47.7. The highest BCUT2D eigenvalue weighted by Gasteiger charge is 2.28. The van der Waals surface area contributed by atoms with Gasteiger partial charge in [0.1, 0.15) is 5.75 Å². The van der Waals surface area contributed by atoms with Gasteiger partial charge >= 0.3 is 6.18 Å². The molecule has 0 unspecified atom stereocenters. The number of rotatable bonds is 8. The van der Waals surface area contributed by atoms with Crippen LogP contribution >= 0.6 is 0 Å². The molecule has 1 aromatic carbocycles. The van der Waals surface area contributed by atoms with Crippen molar-refractivity contribution in [1.29, 1.82) is 0 Å². The smallest absolute Gasteiger partial charge is 0.422 e. The van der Waals surface area contributed by atoms with Crippen LogP contribution in [-0.4, -0.2) is 30.4 Å².